The van der Waals surface area contributed by atoms with Crippen LogP contribution in [-0.2, 0) is 13.0 Å². The van der Waals surface area contributed by atoms with Gasteiger partial charge in [-0.05, 0) is 42.3 Å². The van der Waals surface area contributed by atoms with E-state index in [4.69, 9.17) is 19.9 Å². The molecule has 0 fully saturated rings. The fourth-order valence-electron chi connectivity index (χ4n) is 2.04. The van der Waals surface area contributed by atoms with Crippen LogP contribution in [0.2, 0.25) is 0 Å². The molecule has 4 heteroatoms. The van der Waals surface area contributed by atoms with Crippen LogP contribution < -0.4 is 19.9 Å². The molecule has 0 aliphatic rings. The maximum absolute atomic E-state index is 5.92. The average molecular weight is 287 g/mol. The van der Waals surface area contributed by atoms with Gasteiger partial charge < -0.3 is 19.9 Å². The molecule has 0 bridgehead atoms. The van der Waals surface area contributed by atoms with Gasteiger partial charge >= 0.3 is 0 Å². The van der Waals surface area contributed by atoms with Crippen LogP contribution in [0, 0.1) is 0 Å². The molecule has 112 valence electrons. The first-order valence-corrected chi connectivity index (χ1v) is 6.89. The van der Waals surface area contributed by atoms with Gasteiger partial charge in [-0.15, -0.1) is 0 Å². The van der Waals surface area contributed by atoms with E-state index in [2.05, 4.69) is 0 Å². The summed E-state index contributed by atoms with van der Waals surface area (Å²) in [5.41, 5.74) is 7.81. The van der Waals surface area contributed by atoms with E-state index in [1.165, 1.54) is 0 Å². The van der Waals surface area contributed by atoms with Crippen molar-refractivity contribution in [3.63, 3.8) is 0 Å². The SMILES string of the molecule is COc1ccc(COc2cc(OC)ccc2CCN)cc1. The molecule has 2 aromatic rings. The summed E-state index contributed by atoms with van der Waals surface area (Å²) in [7, 11) is 3.30. The summed E-state index contributed by atoms with van der Waals surface area (Å²) >= 11 is 0. The molecule has 0 radical (unpaired) electrons. The van der Waals surface area contributed by atoms with Crippen molar-refractivity contribution in [3.8, 4) is 17.2 Å². The minimum Gasteiger partial charge on any atom is -0.497 e. The van der Waals surface area contributed by atoms with Gasteiger partial charge in [0, 0.05) is 6.07 Å². The Morgan fingerprint density at radius 2 is 1.57 bits per heavy atom. The average Bonchev–Trinajstić information content (AvgIpc) is 2.54. The lowest BCUT2D eigenvalue weighted by molar-refractivity contribution is 0.300. The standard InChI is InChI=1S/C17H21NO3/c1-19-15-6-3-13(4-7-15)12-21-17-11-16(20-2)8-5-14(17)9-10-18/h3-8,11H,9-10,12,18H2,1-2H3. The summed E-state index contributed by atoms with van der Waals surface area (Å²) in [6.45, 7) is 1.08. The fraction of sp³-hybridized carbons (Fsp3) is 0.294. The molecule has 0 atom stereocenters. The normalized spacial score (nSPS) is 10.2. The summed E-state index contributed by atoms with van der Waals surface area (Å²) in [5, 5.41) is 0. The molecular formula is C17H21NO3. The van der Waals surface area contributed by atoms with E-state index in [0.717, 1.165) is 34.8 Å². The van der Waals surface area contributed by atoms with Gasteiger partial charge in [-0.2, -0.15) is 0 Å². The molecule has 0 aliphatic carbocycles. The predicted octanol–water partition coefficient (Wildman–Crippen LogP) is 2.78. The van der Waals surface area contributed by atoms with E-state index >= 15 is 0 Å². The molecule has 2 aromatic carbocycles. The van der Waals surface area contributed by atoms with Crippen LogP contribution in [0.25, 0.3) is 0 Å². The van der Waals surface area contributed by atoms with Crippen LogP contribution in [0.3, 0.4) is 0 Å². The molecule has 2 rings (SSSR count). The van der Waals surface area contributed by atoms with Gasteiger partial charge in [-0.25, -0.2) is 0 Å². The minimum absolute atomic E-state index is 0.495. The van der Waals surface area contributed by atoms with Crippen molar-refractivity contribution in [2.75, 3.05) is 20.8 Å². The third-order valence-corrected chi connectivity index (χ3v) is 3.24. The predicted molar refractivity (Wildman–Crippen MR) is 83.1 cm³/mol. The van der Waals surface area contributed by atoms with Crippen LogP contribution in [0.4, 0.5) is 0 Å². The number of nitrogens with two attached hydrogens (primary N) is 1. The molecule has 2 N–H and O–H groups in total. The first-order chi connectivity index (χ1) is 10.3. The second-order valence-electron chi connectivity index (χ2n) is 4.65. The monoisotopic (exact) mass is 287 g/mol. The van der Waals surface area contributed by atoms with E-state index in [9.17, 15) is 0 Å². The van der Waals surface area contributed by atoms with Crippen molar-refractivity contribution in [1.29, 1.82) is 0 Å². The molecule has 21 heavy (non-hydrogen) atoms. The Labute approximate surface area is 125 Å². The number of hydrogen-bond acceptors (Lipinski definition) is 4. The quantitative estimate of drug-likeness (QED) is 0.851. The van der Waals surface area contributed by atoms with Gasteiger partial charge in [0.05, 0.1) is 14.2 Å². The summed E-state index contributed by atoms with van der Waals surface area (Å²) < 4.78 is 16.3. The molecule has 0 saturated carbocycles. The van der Waals surface area contributed by atoms with E-state index in [0.29, 0.717) is 13.2 Å². The van der Waals surface area contributed by atoms with E-state index < -0.39 is 0 Å². The number of hydrogen-bond donors (Lipinski definition) is 1. The molecule has 0 saturated heterocycles. The number of rotatable bonds is 7. The maximum atomic E-state index is 5.92. The van der Waals surface area contributed by atoms with E-state index in [1.54, 1.807) is 14.2 Å². The second kappa shape index (κ2) is 7.55. The smallest absolute Gasteiger partial charge is 0.126 e. The van der Waals surface area contributed by atoms with Crippen LogP contribution in [-0.4, -0.2) is 20.8 Å². The number of ether oxygens (including phenoxy) is 3. The van der Waals surface area contributed by atoms with Crippen molar-refractivity contribution in [1.82, 2.24) is 0 Å². The Balaban J connectivity index is 2.09. The summed E-state index contributed by atoms with van der Waals surface area (Å²) in [6.07, 6.45) is 0.780. The summed E-state index contributed by atoms with van der Waals surface area (Å²) in [5.74, 6) is 2.43. The molecule has 0 aromatic heterocycles. The number of methoxy groups -OCH3 is 2. The highest BCUT2D eigenvalue weighted by Crippen LogP contribution is 2.26. The van der Waals surface area contributed by atoms with Crippen LogP contribution in [0.5, 0.6) is 17.2 Å². The Bertz CT molecular complexity index is 567. The lowest BCUT2D eigenvalue weighted by Gasteiger charge is -2.13. The van der Waals surface area contributed by atoms with Crippen LogP contribution in [0.1, 0.15) is 11.1 Å². The van der Waals surface area contributed by atoms with E-state index in [1.807, 2.05) is 42.5 Å². The first-order valence-electron chi connectivity index (χ1n) is 6.89. The lowest BCUT2D eigenvalue weighted by Crippen LogP contribution is -2.05. The lowest BCUT2D eigenvalue weighted by atomic mass is 10.1. The highest BCUT2D eigenvalue weighted by Gasteiger charge is 2.06. The molecule has 0 heterocycles. The highest BCUT2D eigenvalue weighted by molar-refractivity contribution is 5.41. The zero-order valence-corrected chi connectivity index (χ0v) is 12.5. The van der Waals surface area contributed by atoms with Crippen molar-refractivity contribution in [3.05, 3.63) is 53.6 Å². The third kappa shape index (κ3) is 4.13. The zero-order valence-electron chi connectivity index (χ0n) is 12.5. The van der Waals surface area contributed by atoms with Crippen LogP contribution in [0.15, 0.2) is 42.5 Å². The fourth-order valence-corrected chi connectivity index (χ4v) is 2.04. The van der Waals surface area contributed by atoms with Gasteiger partial charge in [0.25, 0.3) is 0 Å². The van der Waals surface area contributed by atoms with Crippen LogP contribution >= 0.6 is 0 Å². The summed E-state index contributed by atoms with van der Waals surface area (Å²) in [6, 6.07) is 13.6. The molecule has 0 aliphatic heterocycles. The topological polar surface area (TPSA) is 53.7 Å². The molecule has 0 unspecified atom stereocenters. The van der Waals surface area contributed by atoms with Crippen molar-refractivity contribution in [2.24, 2.45) is 5.73 Å². The van der Waals surface area contributed by atoms with Crippen molar-refractivity contribution < 1.29 is 14.2 Å². The van der Waals surface area contributed by atoms with Gasteiger partial charge in [0.15, 0.2) is 0 Å². The Kier molecular flexibility index (Phi) is 5.46. The Hall–Kier alpha value is -2.20. The third-order valence-electron chi connectivity index (χ3n) is 3.24. The number of benzene rings is 2. The van der Waals surface area contributed by atoms with Gasteiger partial charge in [-0.3, -0.25) is 0 Å². The van der Waals surface area contributed by atoms with Crippen molar-refractivity contribution in [2.45, 2.75) is 13.0 Å². The second-order valence-corrected chi connectivity index (χ2v) is 4.65. The summed E-state index contributed by atoms with van der Waals surface area (Å²) in [4.78, 5) is 0. The van der Waals surface area contributed by atoms with Gasteiger partial charge in [-0.1, -0.05) is 18.2 Å². The van der Waals surface area contributed by atoms with Gasteiger partial charge in [0.1, 0.15) is 23.9 Å². The van der Waals surface area contributed by atoms with Gasteiger partial charge in [0.2, 0.25) is 0 Å². The molecular weight excluding hydrogens is 266 g/mol. The largest absolute Gasteiger partial charge is 0.497 e. The highest BCUT2D eigenvalue weighted by atomic mass is 16.5. The Morgan fingerprint density at radius 1 is 0.905 bits per heavy atom. The Morgan fingerprint density at radius 3 is 2.19 bits per heavy atom. The molecule has 4 nitrogen and oxygen atoms in total. The van der Waals surface area contributed by atoms with Crippen molar-refractivity contribution >= 4 is 0 Å². The van der Waals surface area contributed by atoms with E-state index in [-0.39, 0.29) is 0 Å². The minimum atomic E-state index is 0.495. The first kappa shape index (κ1) is 15.2. The molecule has 0 spiro atoms. The molecule has 0 amide bonds. The maximum Gasteiger partial charge on any atom is 0.126 e. The zero-order chi connectivity index (χ0) is 15.1.